The van der Waals surface area contributed by atoms with Gasteiger partial charge in [0.25, 0.3) is 0 Å². The van der Waals surface area contributed by atoms with Gasteiger partial charge in [-0.3, -0.25) is 9.80 Å². The van der Waals surface area contributed by atoms with Gasteiger partial charge in [0.15, 0.2) is 9.84 Å². The van der Waals surface area contributed by atoms with Crippen molar-refractivity contribution in [2.24, 2.45) is 0 Å². The number of sulfone groups is 1. The monoisotopic (exact) mass is 570 g/mol. The smallest absolute Gasteiger partial charge is 0.176 e. The minimum atomic E-state index is -3.72. The van der Waals surface area contributed by atoms with Crippen LogP contribution in [0.5, 0.6) is 0 Å². The molecule has 2 aliphatic heterocycles. The first-order chi connectivity index (χ1) is 18.5. The molecule has 39 heavy (non-hydrogen) atoms. The van der Waals surface area contributed by atoms with E-state index in [1.54, 1.807) is 0 Å². The maximum absolute atomic E-state index is 14.0. The SMILES string of the molecule is CC1CC[C@@H](C)N1Cc1ccc(C(c2ccc(Cl)cc2)N2CC(=C(c3cc(F)cc(F)c3)S(C)(=O)=O)C2)cc1. The summed E-state index contributed by atoms with van der Waals surface area (Å²) < 4.78 is 53.4. The minimum Gasteiger partial charge on any atom is -0.294 e. The van der Waals surface area contributed by atoms with Gasteiger partial charge in [-0.25, -0.2) is 17.2 Å². The number of rotatable bonds is 7. The molecule has 0 aliphatic carbocycles. The lowest BCUT2D eigenvalue weighted by Crippen LogP contribution is -2.44. The normalized spacial score (nSPS) is 21.1. The summed E-state index contributed by atoms with van der Waals surface area (Å²) in [5.41, 5.74) is 4.05. The summed E-state index contributed by atoms with van der Waals surface area (Å²) in [6.07, 6.45) is 3.53. The van der Waals surface area contributed by atoms with Crippen LogP contribution in [0.1, 0.15) is 55.0 Å². The first kappa shape index (κ1) is 28.0. The highest BCUT2D eigenvalue weighted by atomic mass is 35.5. The van der Waals surface area contributed by atoms with Crippen molar-refractivity contribution in [3.8, 4) is 0 Å². The van der Waals surface area contributed by atoms with E-state index < -0.39 is 21.5 Å². The molecule has 0 bridgehead atoms. The largest absolute Gasteiger partial charge is 0.294 e. The molecule has 0 saturated carbocycles. The van der Waals surface area contributed by atoms with E-state index in [0.29, 0.717) is 35.8 Å². The van der Waals surface area contributed by atoms with Crippen molar-refractivity contribution in [3.63, 3.8) is 0 Å². The third kappa shape index (κ3) is 6.12. The average Bonchev–Trinajstić information content (AvgIpc) is 3.15. The van der Waals surface area contributed by atoms with Crippen LogP contribution in [-0.2, 0) is 16.4 Å². The molecule has 0 aromatic heterocycles. The highest BCUT2D eigenvalue weighted by Crippen LogP contribution is 2.39. The standard InChI is InChI=1S/C31H33ClF2N2O2S/c1-20-4-5-21(2)36(20)17-22-6-8-23(9-7-22)30(24-10-12-27(32)13-11-24)35-18-26(19-35)31(39(3,37)38)25-14-28(33)16-29(34)15-25/h6-16,20-21,30H,4-5,17-19H2,1-3H3/t20-,21?,30?/m1/s1. The zero-order valence-electron chi connectivity index (χ0n) is 22.4. The van der Waals surface area contributed by atoms with E-state index in [4.69, 9.17) is 11.6 Å². The fourth-order valence-electron chi connectivity index (χ4n) is 5.97. The van der Waals surface area contributed by atoms with Gasteiger partial charge in [0.1, 0.15) is 11.6 Å². The van der Waals surface area contributed by atoms with E-state index in [1.165, 1.54) is 18.4 Å². The predicted molar refractivity (Wildman–Crippen MR) is 153 cm³/mol. The Morgan fingerprint density at radius 2 is 1.41 bits per heavy atom. The van der Waals surface area contributed by atoms with Gasteiger partial charge in [0, 0.05) is 49.1 Å². The van der Waals surface area contributed by atoms with Gasteiger partial charge in [-0.05, 0) is 78.8 Å². The van der Waals surface area contributed by atoms with Crippen LogP contribution in [-0.4, -0.2) is 49.6 Å². The Kier molecular flexibility index (Phi) is 7.98. The van der Waals surface area contributed by atoms with Crippen LogP contribution < -0.4 is 0 Å². The summed E-state index contributed by atoms with van der Waals surface area (Å²) in [4.78, 5) is 4.70. The lowest BCUT2D eigenvalue weighted by molar-refractivity contribution is 0.202. The molecule has 2 heterocycles. The first-order valence-electron chi connectivity index (χ1n) is 13.2. The lowest BCUT2D eigenvalue weighted by Gasteiger charge is -2.42. The fourth-order valence-corrected chi connectivity index (χ4v) is 7.30. The molecular weight excluding hydrogens is 538 g/mol. The Labute approximate surface area is 234 Å². The molecule has 3 aromatic rings. The maximum Gasteiger partial charge on any atom is 0.176 e. The van der Waals surface area contributed by atoms with Crippen LogP contribution in [0.4, 0.5) is 8.78 Å². The molecule has 206 valence electrons. The van der Waals surface area contributed by atoms with Crippen LogP contribution in [0.2, 0.25) is 5.02 Å². The number of hydrogen-bond donors (Lipinski definition) is 0. The molecule has 4 nitrogen and oxygen atoms in total. The molecule has 2 saturated heterocycles. The van der Waals surface area contributed by atoms with E-state index in [0.717, 1.165) is 42.1 Å². The molecule has 3 aromatic carbocycles. The van der Waals surface area contributed by atoms with Crippen molar-refractivity contribution >= 4 is 26.3 Å². The van der Waals surface area contributed by atoms with Gasteiger partial charge in [-0.2, -0.15) is 0 Å². The third-order valence-electron chi connectivity index (χ3n) is 7.95. The molecule has 2 aliphatic rings. The van der Waals surface area contributed by atoms with Crippen LogP contribution >= 0.6 is 11.6 Å². The topological polar surface area (TPSA) is 40.6 Å². The molecule has 3 atom stereocenters. The van der Waals surface area contributed by atoms with Gasteiger partial charge in [0.2, 0.25) is 0 Å². The Bertz CT molecular complexity index is 1450. The summed E-state index contributed by atoms with van der Waals surface area (Å²) in [5.74, 6) is -1.61. The number of halogens is 3. The van der Waals surface area contributed by atoms with Crippen molar-refractivity contribution in [1.29, 1.82) is 0 Å². The average molecular weight is 571 g/mol. The summed E-state index contributed by atoms with van der Waals surface area (Å²) in [6.45, 7) is 6.20. The lowest BCUT2D eigenvalue weighted by atomic mass is 9.91. The van der Waals surface area contributed by atoms with E-state index in [-0.39, 0.29) is 16.5 Å². The number of nitrogens with zero attached hydrogens (tertiary/aromatic N) is 2. The Morgan fingerprint density at radius 3 is 1.92 bits per heavy atom. The number of hydrogen-bond acceptors (Lipinski definition) is 4. The minimum absolute atomic E-state index is 0.00351. The summed E-state index contributed by atoms with van der Waals surface area (Å²) in [6, 6.07) is 20.2. The van der Waals surface area contributed by atoms with Crippen molar-refractivity contribution in [1.82, 2.24) is 9.80 Å². The first-order valence-corrected chi connectivity index (χ1v) is 15.5. The molecule has 2 unspecified atom stereocenters. The second kappa shape index (κ2) is 11.1. The Balaban J connectivity index is 1.45. The zero-order valence-corrected chi connectivity index (χ0v) is 23.9. The molecule has 5 rings (SSSR count). The molecule has 0 spiro atoms. The second-order valence-electron chi connectivity index (χ2n) is 10.9. The highest BCUT2D eigenvalue weighted by molar-refractivity contribution is 8.00. The quantitative estimate of drug-likeness (QED) is 0.311. The fraction of sp³-hybridized carbons (Fsp3) is 0.355. The van der Waals surface area contributed by atoms with E-state index in [1.807, 2.05) is 24.3 Å². The van der Waals surface area contributed by atoms with Gasteiger partial charge in [0.05, 0.1) is 10.9 Å². The molecule has 0 amide bonds. The summed E-state index contributed by atoms with van der Waals surface area (Å²) in [5, 5.41) is 0.637. The third-order valence-corrected chi connectivity index (χ3v) is 9.47. The van der Waals surface area contributed by atoms with Crippen LogP contribution in [0.3, 0.4) is 0 Å². The Hall–Kier alpha value is -2.58. The van der Waals surface area contributed by atoms with Gasteiger partial charge >= 0.3 is 0 Å². The highest BCUT2D eigenvalue weighted by Gasteiger charge is 2.35. The number of benzene rings is 3. The van der Waals surface area contributed by atoms with Crippen molar-refractivity contribution in [2.45, 2.75) is 51.4 Å². The molecule has 0 N–H and O–H groups in total. The van der Waals surface area contributed by atoms with Crippen molar-refractivity contribution in [2.75, 3.05) is 19.3 Å². The van der Waals surface area contributed by atoms with Gasteiger partial charge < -0.3 is 0 Å². The van der Waals surface area contributed by atoms with Crippen molar-refractivity contribution < 1.29 is 17.2 Å². The summed E-state index contributed by atoms with van der Waals surface area (Å²) in [7, 11) is -3.72. The van der Waals surface area contributed by atoms with Crippen LogP contribution in [0.25, 0.3) is 4.91 Å². The van der Waals surface area contributed by atoms with E-state index in [9.17, 15) is 17.2 Å². The van der Waals surface area contributed by atoms with Crippen LogP contribution in [0, 0.1) is 11.6 Å². The van der Waals surface area contributed by atoms with Crippen LogP contribution in [0.15, 0.2) is 72.3 Å². The van der Waals surface area contributed by atoms with Crippen molar-refractivity contribution in [3.05, 3.63) is 111 Å². The molecule has 2 fully saturated rings. The maximum atomic E-state index is 14.0. The molecule has 0 radical (unpaired) electrons. The molecular formula is C31H33ClF2N2O2S. The van der Waals surface area contributed by atoms with E-state index in [2.05, 4.69) is 47.9 Å². The second-order valence-corrected chi connectivity index (χ2v) is 13.3. The number of likely N-dealkylation sites (tertiary alicyclic amines) is 2. The van der Waals surface area contributed by atoms with Gasteiger partial charge in [-0.1, -0.05) is 48.0 Å². The van der Waals surface area contributed by atoms with Gasteiger partial charge in [-0.15, -0.1) is 0 Å². The molecule has 8 heteroatoms. The predicted octanol–water partition coefficient (Wildman–Crippen LogP) is 6.85. The summed E-state index contributed by atoms with van der Waals surface area (Å²) >= 11 is 6.17. The zero-order chi connectivity index (χ0) is 27.9. The van der Waals surface area contributed by atoms with E-state index >= 15 is 0 Å². The Morgan fingerprint density at radius 1 is 0.897 bits per heavy atom.